The summed E-state index contributed by atoms with van der Waals surface area (Å²) in [4.78, 5) is 0. The van der Waals surface area contributed by atoms with Crippen LogP contribution in [0.4, 0.5) is 5.69 Å². The van der Waals surface area contributed by atoms with E-state index in [-0.39, 0.29) is 12.5 Å². The van der Waals surface area contributed by atoms with Gasteiger partial charge in [0.05, 0.1) is 0 Å². The van der Waals surface area contributed by atoms with E-state index >= 15 is 0 Å². The number of benzene rings is 1. The van der Waals surface area contributed by atoms with E-state index in [0.29, 0.717) is 0 Å². The van der Waals surface area contributed by atoms with Gasteiger partial charge in [0.15, 0.2) is 0 Å². The van der Waals surface area contributed by atoms with E-state index in [1.54, 1.807) is 0 Å². The summed E-state index contributed by atoms with van der Waals surface area (Å²) in [6.07, 6.45) is 0. The van der Waals surface area contributed by atoms with Gasteiger partial charge in [0, 0.05) is 24.3 Å². The molecular weight excluding hydrogens is 189 g/mol. The summed E-state index contributed by atoms with van der Waals surface area (Å²) in [5.74, 6) is 0. The SMILES string of the molecule is CC1(C)COB(c2ccc(N)cc2)OC1. The number of hydrogen-bond donors (Lipinski definition) is 1. The predicted octanol–water partition coefficient (Wildman–Crippen LogP) is 1.04. The van der Waals surface area contributed by atoms with Crippen molar-refractivity contribution in [3.63, 3.8) is 0 Å². The standard InChI is InChI=1S/C11H16BNO2/c1-11(2)7-14-12(15-8-11)9-3-5-10(13)6-4-9/h3-6H,7-8,13H2,1-2H3. The predicted molar refractivity (Wildman–Crippen MR) is 61.9 cm³/mol. The molecular formula is C11H16BNO2. The van der Waals surface area contributed by atoms with Crippen molar-refractivity contribution in [3.8, 4) is 0 Å². The third-order valence-corrected chi connectivity index (χ3v) is 2.46. The molecule has 0 radical (unpaired) electrons. The highest BCUT2D eigenvalue weighted by Gasteiger charge is 2.33. The Hall–Kier alpha value is -0.995. The van der Waals surface area contributed by atoms with Crippen molar-refractivity contribution in [2.45, 2.75) is 13.8 Å². The molecule has 80 valence electrons. The summed E-state index contributed by atoms with van der Waals surface area (Å²) in [5.41, 5.74) is 7.52. The molecule has 1 heterocycles. The first-order valence-corrected chi connectivity index (χ1v) is 5.15. The van der Waals surface area contributed by atoms with Crippen LogP contribution in [-0.2, 0) is 9.31 Å². The third kappa shape index (κ3) is 2.52. The van der Waals surface area contributed by atoms with Crippen molar-refractivity contribution in [1.29, 1.82) is 0 Å². The highest BCUT2D eigenvalue weighted by Crippen LogP contribution is 2.21. The average Bonchev–Trinajstić information content (AvgIpc) is 2.20. The molecule has 1 aliphatic rings. The third-order valence-electron chi connectivity index (χ3n) is 2.46. The van der Waals surface area contributed by atoms with Crippen LogP contribution in [0.2, 0.25) is 0 Å². The molecule has 15 heavy (non-hydrogen) atoms. The molecule has 3 nitrogen and oxygen atoms in total. The van der Waals surface area contributed by atoms with E-state index in [2.05, 4.69) is 13.8 Å². The highest BCUT2D eigenvalue weighted by atomic mass is 16.6. The summed E-state index contributed by atoms with van der Waals surface area (Å²) in [6.45, 7) is 5.71. The zero-order valence-corrected chi connectivity index (χ0v) is 9.19. The molecule has 2 N–H and O–H groups in total. The smallest absolute Gasteiger partial charge is 0.407 e. The first kappa shape index (κ1) is 10.5. The van der Waals surface area contributed by atoms with Crippen molar-refractivity contribution >= 4 is 18.3 Å². The highest BCUT2D eigenvalue weighted by molar-refractivity contribution is 6.61. The van der Waals surface area contributed by atoms with Crippen LogP contribution in [0.25, 0.3) is 0 Å². The minimum Gasteiger partial charge on any atom is -0.407 e. The van der Waals surface area contributed by atoms with E-state index < -0.39 is 0 Å². The fourth-order valence-corrected chi connectivity index (χ4v) is 1.54. The maximum atomic E-state index is 5.66. The van der Waals surface area contributed by atoms with Crippen LogP contribution in [-0.4, -0.2) is 20.3 Å². The average molecular weight is 205 g/mol. The van der Waals surface area contributed by atoms with Gasteiger partial charge < -0.3 is 15.0 Å². The number of rotatable bonds is 1. The second-order valence-electron chi connectivity index (χ2n) is 4.78. The molecule has 0 unspecified atom stereocenters. The second kappa shape index (κ2) is 3.87. The minimum absolute atomic E-state index is 0.115. The molecule has 2 rings (SSSR count). The molecule has 1 aromatic carbocycles. The molecule has 0 aromatic heterocycles. The fraction of sp³-hybridized carbons (Fsp3) is 0.455. The largest absolute Gasteiger partial charge is 0.493 e. The first-order valence-electron chi connectivity index (χ1n) is 5.15. The van der Waals surface area contributed by atoms with Crippen LogP contribution >= 0.6 is 0 Å². The summed E-state index contributed by atoms with van der Waals surface area (Å²) in [5, 5.41) is 0. The molecule has 0 spiro atoms. The lowest BCUT2D eigenvalue weighted by atomic mass is 9.76. The number of hydrogen-bond acceptors (Lipinski definition) is 3. The Bertz CT molecular complexity index is 327. The molecule has 1 aliphatic heterocycles. The Morgan fingerprint density at radius 2 is 1.67 bits per heavy atom. The lowest BCUT2D eigenvalue weighted by Crippen LogP contribution is -2.47. The van der Waals surface area contributed by atoms with Gasteiger partial charge in [-0.3, -0.25) is 0 Å². The van der Waals surface area contributed by atoms with Gasteiger partial charge in [-0.25, -0.2) is 0 Å². The van der Waals surface area contributed by atoms with E-state index in [9.17, 15) is 0 Å². The molecule has 1 fully saturated rings. The molecule has 0 amide bonds. The Balaban J connectivity index is 2.04. The molecule has 1 aromatic rings. The summed E-state index contributed by atoms with van der Waals surface area (Å²) >= 11 is 0. The van der Waals surface area contributed by atoms with Crippen LogP contribution in [0.15, 0.2) is 24.3 Å². The monoisotopic (exact) mass is 205 g/mol. The van der Waals surface area contributed by atoms with Crippen LogP contribution < -0.4 is 11.2 Å². The second-order valence-corrected chi connectivity index (χ2v) is 4.78. The summed E-state index contributed by atoms with van der Waals surface area (Å²) in [7, 11) is -0.237. The van der Waals surface area contributed by atoms with Crippen molar-refractivity contribution in [2.75, 3.05) is 18.9 Å². The van der Waals surface area contributed by atoms with Crippen molar-refractivity contribution in [2.24, 2.45) is 5.41 Å². The van der Waals surface area contributed by atoms with Crippen LogP contribution in [0.1, 0.15) is 13.8 Å². The Kier molecular flexibility index (Phi) is 2.71. The quantitative estimate of drug-likeness (QED) is 0.550. The van der Waals surface area contributed by atoms with Gasteiger partial charge in [0.1, 0.15) is 0 Å². The van der Waals surface area contributed by atoms with E-state index in [0.717, 1.165) is 24.4 Å². The zero-order chi connectivity index (χ0) is 10.9. The van der Waals surface area contributed by atoms with Gasteiger partial charge in [-0.1, -0.05) is 26.0 Å². The van der Waals surface area contributed by atoms with E-state index in [1.165, 1.54) is 0 Å². The number of nitrogen functional groups attached to an aromatic ring is 1. The van der Waals surface area contributed by atoms with Crippen molar-refractivity contribution in [1.82, 2.24) is 0 Å². The van der Waals surface area contributed by atoms with Crippen molar-refractivity contribution in [3.05, 3.63) is 24.3 Å². The summed E-state index contributed by atoms with van der Waals surface area (Å²) < 4.78 is 11.3. The Labute approximate surface area is 90.7 Å². The molecule has 0 aliphatic carbocycles. The van der Waals surface area contributed by atoms with E-state index in [1.807, 2.05) is 24.3 Å². The van der Waals surface area contributed by atoms with Gasteiger partial charge in [-0.2, -0.15) is 0 Å². The lowest BCUT2D eigenvalue weighted by Gasteiger charge is -2.33. The van der Waals surface area contributed by atoms with Crippen molar-refractivity contribution < 1.29 is 9.31 Å². The van der Waals surface area contributed by atoms with Gasteiger partial charge >= 0.3 is 7.12 Å². The van der Waals surface area contributed by atoms with E-state index in [4.69, 9.17) is 15.0 Å². The maximum Gasteiger partial charge on any atom is 0.493 e. The fourth-order valence-electron chi connectivity index (χ4n) is 1.54. The number of nitrogens with two attached hydrogens (primary N) is 1. The van der Waals surface area contributed by atoms with Crippen LogP contribution in [0.5, 0.6) is 0 Å². The van der Waals surface area contributed by atoms with Gasteiger partial charge in [-0.15, -0.1) is 0 Å². The van der Waals surface area contributed by atoms with Gasteiger partial charge in [0.2, 0.25) is 0 Å². The maximum absolute atomic E-state index is 5.66. The Morgan fingerprint density at radius 1 is 1.13 bits per heavy atom. The first-order chi connectivity index (χ1) is 7.07. The van der Waals surface area contributed by atoms with Crippen LogP contribution in [0.3, 0.4) is 0 Å². The Morgan fingerprint density at radius 3 is 2.20 bits per heavy atom. The molecule has 1 saturated heterocycles. The summed E-state index contributed by atoms with van der Waals surface area (Å²) in [6, 6.07) is 7.61. The van der Waals surface area contributed by atoms with Crippen LogP contribution in [0, 0.1) is 5.41 Å². The molecule has 0 atom stereocenters. The molecule has 4 heteroatoms. The zero-order valence-electron chi connectivity index (χ0n) is 9.19. The lowest BCUT2D eigenvalue weighted by molar-refractivity contribution is 0.0343. The topological polar surface area (TPSA) is 44.5 Å². The minimum atomic E-state index is -0.237. The molecule has 0 bridgehead atoms. The number of anilines is 1. The van der Waals surface area contributed by atoms with Gasteiger partial charge in [0.25, 0.3) is 0 Å². The normalized spacial score (nSPS) is 20.3. The van der Waals surface area contributed by atoms with Gasteiger partial charge in [-0.05, 0) is 17.6 Å². The molecule has 0 saturated carbocycles.